The van der Waals surface area contributed by atoms with E-state index in [4.69, 9.17) is 0 Å². The average molecular weight is 218 g/mol. The van der Waals surface area contributed by atoms with Crippen molar-refractivity contribution in [3.05, 3.63) is 0 Å². The molecular weight excluding hydrogens is 200 g/mol. The SMILES string of the molecule is CCCCC(C=O)(CC)C(C)=S(=O)=O. The summed E-state index contributed by atoms with van der Waals surface area (Å²) in [5.41, 5.74) is -0.761. The van der Waals surface area contributed by atoms with Crippen molar-refractivity contribution in [2.24, 2.45) is 5.41 Å². The first-order valence-corrected chi connectivity index (χ1v) is 6.01. The third-order valence-electron chi connectivity index (χ3n) is 2.78. The second-order valence-corrected chi connectivity index (χ2v) is 4.60. The molecule has 14 heavy (non-hydrogen) atoms. The molecule has 3 nitrogen and oxygen atoms in total. The van der Waals surface area contributed by atoms with Crippen LogP contribution in [0.15, 0.2) is 0 Å². The van der Waals surface area contributed by atoms with Crippen molar-refractivity contribution in [3.8, 4) is 0 Å². The van der Waals surface area contributed by atoms with Crippen LogP contribution < -0.4 is 0 Å². The predicted molar refractivity (Wildman–Crippen MR) is 57.9 cm³/mol. The lowest BCUT2D eigenvalue weighted by molar-refractivity contribution is -0.113. The number of hydrogen-bond acceptors (Lipinski definition) is 3. The van der Waals surface area contributed by atoms with E-state index in [0.29, 0.717) is 12.8 Å². The van der Waals surface area contributed by atoms with Crippen molar-refractivity contribution >= 4 is 21.4 Å². The molecule has 0 aliphatic rings. The summed E-state index contributed by atoms with van der Waals surface area (Å²) in [6, 6.07) is 0. The quantitative estimate of drug-likeness (QED) is 0.505. The molecule has 0 aliphatic carbocycles. The van der Waals surface area contributed by atoms with Gasteiger partial charge in [-0.2, -0.15) is 8.42 Å². The molecule has 4 heteroatoms. The van der Waals surface area contributed by atoms with Gasteiger partial charge in [-0.1, -0.05) is 26.7 Å². The number of carbonyl (C=O) groups is 1. The van der Waals surface area contributed by atoms with Gasteiger partial charge in [0.05, 0.1) is 10.3 Å². The molecule has 0 bridgehead atoms. The van der Waals surface area contributed by atoms with E-state index >= 15 is 0 Å². The van der Waals surface area contributed by atoms with E-state index in [1.807, 2.05) is 13.8 Å². The molecule has 0 heterocycles. The van der Waals surface area contributed by atoms with Crippen LogP contribution in [0.3, 0.4) is 0 Å². The van der Waals surface area contributed by atoms with E-state index < -0.39 is 15.7 Å². The average Bonchev–Trinajstić information content (AvgIpc) is 2.19. The zero-order valence-corrected chi connectivity index (χ0v) is 9.86. The number of rotatable bonds is 6. The van der Waals surface area contributed by atoms with E-state index in [1.165, 1.54) is 6.92 Å². The molecule has 0 aromatic rings. The first-order valence-electron chi connectivity index (χ1n) is 4.93. The molecule has 82 valence electrons. The molecule has 0 aliphatic heterocycles. The molecule has 0 rings (SSSR count). The fraction of sp³-hybridized carbons (Fsp3) is 0.800. The second-order valence-electron chi connectivity index (χ2n) is 3.52. The van der Waals surface area contributed by atoms with Gasteiger partial charge in [-0.05, 0) is 19.8 Å². The molecule has 0 amide bonds. The summed E-state index contributed by atoms with van der Waals surface area (Å²) in [5, 5.41) is 0. The molecule has 0 aromatic heterocycles. The third-order valence-corrected chi connectivity index (χ3v) is 3.69. The van der Waals surface area contributed by atoms with Crippen LogP contribution in [-0.2, 0) is 15.1 Å². The summed E-state index contributed by atoms with van der Waals surface area (Å²) in [4.78, 5) is 11.3. The first-order chi connectivity index (χ1) is 6.54. The molecule has 0 radical (unpaired) electrons. The minimum Gasteiger partial charge on any atom is -0.302 e. The van der Waals surface area contributed by atoms with Crippen molar-refractivity contribution in [2.75, 3.05) is 0 Å². The van der Waals surface area contributed by atoms with Crippen molar-refractivity contribution in [1.29, 1.82) is 0 Å². The van der Waals surface area contributed by atoms with Crippen molar-refractivity contribution in [3.63, 3.8) is 0 Å². The van der Waals surface area contributed by atoms with Crippen LogP contribution in [0, 0.1) is 5.41 Å². The maximum absolute atomic E-state index is 11.0. The van der Waals surface area contributed by atoms with Crippen LogP contribution in [0.2, 0.25) is 0 Å². The summed E-state index contributed by atoms with van der Waals surface area (Å²) in [7, 11) is -2.25. The maximum atomic E-state index is 11.0. The van der Waals surface area contributed by atoms with Crippen LogP contribution >= 0.6 is 0 Å². The molecule has 0 aromatic carbocycles. The lowest BCUT2D eigenvalue weighted by Gasteiger charge is -2.24. The Morgan fingerprint density at radius 1 is 1.36 bits per heavy atom. The van der Waals surface area contributed by atoms with E-state index in [-0.39, 0.29) is 4.86 Å². The third kappa shape index (κ3) is 2.94. The van der Waals surface area contributed by atoms with Crippen molar-refractivity contribution < 1.29 is 13.2 Å². The first kappa shape index (κ1) is 13.4. The zero-order chi connectivity index (χ0) is 11.2. The van der Waals surface area contributed by atoms with Gasteiger partial charge in [0.2, 0.25) is 10.3 Å². The Morgan fingerprint density at radius 3 is 2.21 bits per heavy atom. The fourth-order valence-electron chi connectivity index (χ4n) is 1.49. The standard InChI is InChI=1S/C10H18O3S/c1-4-6-7-10(5-2,8-11)9(3)14(12)13/h8H,4-7H2,1-3H3. The van der Waals surface area contributed by atoms with Gasteiger partial charge in [-0.25, -0.2) is 0 Å². The Labute approximate surface area is 87.0 Å². The van der Waals surface area contributed by atoms with Crippen LogP contribution in [-0.4, -0.2) is 19.6 Å². The lowest BCUT2D eigenvalue weighted by Crippen LogP contribution is -2.31. The summed E-state index contributed by atoms with van der Waals surface area (Å²) >= 11 is 0. The van der Waals surface area contributed by atoms with Crippen molar-refractivity contribution in [1.82, 2.24) is 0 Å². The predicted octanol–water partition coefficient (Wildman–Crippen LogP) is 1.84. The van der Waals surface area contributed by atoms with Gasteiger partial charge in [0.25, 0.3) is 0 Å². The minimum atomic E-state index is -2.25. The van der Waals surface area contributed by atoms with Gasteiger partial charge in [-0.15, -0.1) is 0 Å². The molecular formula is C10H18O3S. The number of unbranched alkanes of at least 4 members (excludes halogenated alkanes) is 1. The van der Waals surface area contributed by atoms with E-state index in [9.17, 15) is 13.2 Å². The van der Waals surface area contributed by atoms with Crippen molar-refractivity contribution in [2.45, 2.75) is 46.5 Å². The maximum Gasteiger partial charge on any atom is 0.213 e. The summed E-state index contributed by atoms with van der Waals surface area (Å²) in [5.74, 6) is 0. The second kappa shape index (κ2) is 5.96. The van der Waals surface area contributed by atoms with Crippen LogP contribution in [0.25, 0.3) is 0 Å². The number of aldehydes is 1. The summed E-state index contributed by atoms with van der Waals surface area (Å²) in [6.45, 7) is 5.39. The van der Waals surface area contributed by atoms with E-state index in [0.717, 1.165) is 19.1 Å². The molecule has 0 saturated carbocycles. The molecule has 1 atom stereocenters. The Bertz CT molecular complexity index is 308. The normalized spacial score (nSPS) is 14.5. The van der Waals surface area contributed by atoms with Gasteiger partial charge in [0.15, 0.2) is 0 Å². The Kier molecular flexibility index (Phi) is 5.69. The lowest BCUT2D eigenvalue weighted by atomic mass is 9.79. The summed E-state index contributed by atoms with van der Waals surface area (Å²) < 4.78 is 21.7. The fourth-order valence-corrected chi connectivity index (χ4v) is 2.11. The summed E-state index contributed by atoms with van der Waals surface area (Å²) in [6.07, 6.45) is 3.81. The Morgan fingerprint density at radius 2 is 1.93 bits per heavy atom. The topological polar surface area (TPSA) is 51.2 Å². The highest BCUT2D eigenvalue weighted by molar-refractivity contribution is 7.73. The number of hydrogen-bond donors (Lipinski definition) is 0. The smallest absolute Gasteiger partial charge is 0.213 e. The molecule has 0 N–H and O–H groups in total. The monoisotopic (exact) mass is 218 g/mol. The Balaban J connectivity index is 5.08. The minimum absolute atomic E-state index is 0.267. The zero-order valence-electron chi connectivity index (χ0n) is 9.04. The highest BCUT2D eigenvalue weighted by atomic mass is 32.2. The Hall–Kier alpha value is -0.640. The van der Waals surface area contributed by atoms with E-state index in [1.54, 1.807) is 0 Å². The van der Waals surface area contributed by atoms with Crippen LogP contribution in [0.1, 0.15) is 46.5 Å². The number of carbonyl (C=O) groups excluding carboxylic acids is 1. The van der Waals surface area contributed by atoms with Crippen LogP contribution in [0.5, 0.6) is 0 Å². The van der Waals surface area contributed by atoms with Gasteiger partial charge < -0.3 is 4.79 Å². The van der Waals surface area contributed by atoms with Crippen LogP contribution in [0.4, 0.5) is 0 Å². The molecule has 0 saturated heterocycles. The molecule has 0 spiro atoms. The highest BCUT2D eigenvalue weighted by Crippen LogP contribution is 2.27. The molecule has 1 unspecified atom stereocenters. The molecule has 0 fully saturated rings. The van der Waals surface area contributed by atoms with Gasteiger partial charge in [-0.3, -0.25) is 0 Å². The van der Waals surface area contributed by atoms with Gasteiger partial charge in [0.1, 0.15) is 6.29 Å². The van der Waals surface area contributed by atoms with Gasteiger partial charge in [0, 0.05) is 0 Å². The van der Waals surface area contributed by atoms with Gasteiger partial charge >= 0.3 is 0 Å². The highest BCUT2D eigenvalue weighted by Gasteiger charge is 2.31. The van der Waals surface area contributed by atoms with E-state index in [2.05, 4.69) is 0 Å². The largest absolute Gasteiger partial charge is 0.302 e.